The standard InChI is InChI=1S/C19H24N2O4/c1-3-4-5-6-12-25-16-9-7-15(8-10-16)18(22)20-21-19(23)17-11-13-24-14(17)2/h7-11,13H,3-6,12H2,1-2H3,(H,20,22)(H,21,23). The molecule has 0 aliphatic rings. The average molecular weight is 344 g/mol. The number of ether oxygens (including phenoxy) is 1. The first kappa shape index (κ1) is 18.6. The van der Waals surface area contributed by atoms with Crippen molar-refractivity contribution in [2.45, 2.75) is 39.5 Å². The van der Waals surface area contributed by atoms with Gasteiger partial charge in [0.05, 0.1) is 18.4 Å². The van der Waals surface area contributed by atoms with Crippen LogP contribution in [0.3, 0.4) is 0 Å². The highest BCUT2D eigenvalue weighted by Crippen LogP contribution is 2.13. The number of unbranched alkanes of at least 4 members (excludes halogenated alkanes) is 3. The summed E-state index contributed by atoms with van der Waals surface area (Å²) in [5.41, 5.74) is 5.56. The fourth-order valence-electron chi connectivity index (χ4n) is 2.29. The molecule has 1 aromatic carbocycles. The fraction of sp³-hybridized carbons (Fsp3) is 0.368. The minimum atomic E-state index is -0.424. The Hall–Kier alpha value is -2.76. The maximum Gasteiger partial charge on any atom is 0.273 e. The second-order valence-corrected chi connectivity index (χ2v) is 5.73. The molecule has 6 heteroatoms. The molecule has 0 saturated heterocycles. The average Bonchev–Trinajstić information content (AvgIpc) is 3.06. The quantitative estimate of drug-likeness (QED) is 0.566. The molecule has 0 unspecified atom stereocenters. The Morgan fingerprint density at radius 2 is 1.72 bits per heavy atom. The van der Waals surface area contributed by atoms with Crippen LogP contribution in [0.4, 0.5) is 0 Å². The van der Waals surface area contributed by atoms with E-state index in [2.05, 4.69) is 17.8 Å². The Bertz CT molecular complexity index is 692. The van der Waals surface area contributed by atoms with Crippen LogP contribution >= 0.6 is 0 Å². The minimum absolute atomic E-state index is 0.382. The van der Waals surface area contributed by atoms with E-state index in [1.165, 1.54) is 19.1 Å². The van der Waals surface area contributed by atoms with Gasteiger partial charge >= 0.3 is 0 Å². The van der Waals surface area contributed by atoms with Gasteiger partial charge in [0.2, 0.25) is 0 Å². The number of hydrazine groups is 1. The van der Waals surface area contributed by atoms with Gasteiger partial charge in [0.15, 0.2) is 0 Å². The summed E-state index contributed by atoms with van der Waals surface area (Å²) in [7, 11) is 0. The van der Waals surface area contributed by atoms with Crippen molar-refractivity contribution in [3.8, 4) is 5.75 Å². The van der Waals surface area contributed by atoms with Gasteiger partial charge in [-0.25, -0.2) is 0 Å². The molecule has 0 spiro atoms. The lowest BCUT2D eigenvalue weighted by molar-refractivity contribution is 0.0845. The Morgan fingerprint density at radius 1 is 1.00 bits per heavy atom. The van der Waals surface area contributed by atoms with E-state index >= 15 is 0 Å². The van der Waals surface area contributed by atoms with E-state index in [1.807, 2.05) is 0 Å². The highest BCUT2D eigenvalue weighted by molar-refractivity contribution is 5.99. The zero-order valence-corrected chi connectivity index (χ0v) is 14.6. The first-order valence-corrected chi connectivity index (χ1v) is 8.49. The predicted octanol–water partition coefficient (Wildman–Crippen LogP) is 3.62. The summed E-state index contributed by atoms with van der Waals surface area (Å²) < 4.78 is 10.7. The molecule has 0 atom stereocenters. The summed E-state index contributed by atoms with van der Waals surface area (Å²) in [5, 5.41) is 0. The molecule has 25 heavy (non-hydrogen) atoms. The summed E-state index contributed by atoms with van der Waals surface area (Å²) in [6.07, 6.45) is 6.02. The molecule has 0 saturated carbocycles. The zero-order valence-electron chi connectivity index (χ0n) is 14.6. The number of nitrogens with one attached hydrogen (secondary N) is 2. The van der Waals surface area contributed by atoms with Crippen LogP contribution in [-0.2, 0) is 0 Å². The molecule has 0 bridgehead atoms. The molecule has 2 amide bonds. The van der Waals surface area contributed by atoms with Crippen molar-refractivity contribution in [3.05, 3.63) is 53.5 Å². The number of aryl methyl sites for hydroxylation is 1. The lowest BCUT2D eigenvalue weighted by Crippen LogP contribution is -2.41. The smallest absolute Gasteiger partial charge is 0.273 e. The van der Waals surface area contributed by atoms with Gasteiger partial charge < -0.3 is 9.15 Å². The van der Waals surface area contributed by atoms with Crippen molar-refractivity contribution in [1.82, 2.24) is 10.9 Å². The van der Waals surface area contributed by atoms with Crippen molar-refractivity contribution in [3.63, 3.8) is 0 Å². The normalized spacial score (nSPS) is 10.3. The van der Waals surface area contributed by atoms with E-state index in [0.717, 1.165) is 18.6 Å². The molecule has 0 fully saturated rings. The highest BCUT2D eigenvalue weighted by atomic mass is 16.5. The minimum Gasteiger partial charge on any atom is -0.494 e. The van der Waals surface area contributed by atoms with Crippen LogP contribution in [0, 0.1) is 6.92 Å². The van der Waals surface area contributed by atoms with Crippen LogP contribution in [0.15, 0.2) is 41.0 Å². The second-order valence-electron chi connectivity index (χ2n) is 5.73. The van der Waals surface area contributed by atoms with Crippen LogP contribution in [0.25, 0.3) is 0 Å². The molecule has 6 nitrogen and oxygen atoms in total. The fourth-order valence-corrected chi connectivity index (χ4v) is 2.29. The van der Waals surface area contributed by atoms with E-state index < -0.39 is 11.8 Å². The van der Waals surface area contributed by atoms with Gasteiger partial charge in [-0.1, -0.05) is 26.2 Å². The first-order valence-electron chi connectivity index (χ1n) is 8.49. The van der Waals surface area contributed by atoms with Gasteiger partial charge in [0.1, 0.15) is 11.5 Å². The van der Waals surface area contributed by atoms with E-state index in [-0.39, 0.29) is 0 Å². The molecule has 0 aliphatic heterocycles. The van der Waals surface area contributed by atoms with Gasteiger partial charge in [-0.2, -0.15) is 0 Å². The topological polar surface area (TPSA) is 80.6 Å². The largest absolute Gasteiger partial charge is 0.494 e. The zero-order chi connectivity index (χ0) is 18.1. The van der Waals surface area contributed by atoms with Gasteiger partial charge in [-0.15, -0.1) is 0 Å². The molecular weight excluding hydrogens is 320 g/mol. The van der Waals surface area contributed by atoms with Crippen LogP contribution in [-0.4, -0.2) is 18.4 Å². The summed E-state index contributed by atoms with van der Waals surface area (Å²) in [5.74, 6) is 0.397. The molecular formula is C19H24N2O4. The maximum absolute atomic E-state index is 12.1. The van der Waals surface area contributed by atoms with Gasteiger partial charge in [-0.05, 0) is 43.7 Å². The number of benzene rings is 1. The van der Waals surface area contributed by atoms with Crippen molar-refractivity contribution in [1.29, 1.82) is 0 Å². The van der Waals surface area contributed by atoms with Crippen molar-refractivity contribution < 1.29 is 18.7 Å². The van der Waals surface area contributed by atoms with Crippen LogP contribution < -0.4 is 15.6 Å². The number of carbonyl (C=O) groups excluding carboxylic acids is 2. The number of carbonyl (C=O) groups is 2. The van der Waals surface area contributed by atoms with Crippen molar-refractivity contribution >= 4 is 11.8 Å². The Kier molecular flexibility index (Phi) is 7.07. The Balaban J connectivity index is 1.78. The third kappa shape index (κ3) is 5.67. The number of rotatable bonds is 8. The number of furan rings is 1. The number of hydrogen-bond donors (Lipinski definition) is 2. The lowest BCUT2D eigenvalue weighted by Gasteiger charge is -2.08. The second kappa shape index (κ2) is 9.52. The summed E-state index contributed by atoms with van der Waals surface area (Å²) in [6.45, 7) is 4.52. The molecule has 134 valence electrons. The maximum atomic E-state index is 12.1. The van der Waals surface area contributed by atoms with E-state index in [1.54, 1.807) is 37.3 Å². The predicted molar refractivity (Wildman–Crippen MR) is 94.5 cm³/mol. The number of amides is 2. The molecule has 2 N–H and O–H groups in total. The first-order chi connectivity index (χ1) is 12.1. The van der Waals surface area contributed by atoms with Crippen molar-refractivity contribution in [2.75, 3.05) is 6.61 Å². The summed E-state index contributed by atoms with van der Waals surface area (Å²) in [4.78, 5) is 24.0. The lowest BCUT2D eigenvalue weighted by atomic mass is 10.2. The van der Waals surface area contributed by atoms with Gasteiger partial charge in [0, 0.05) is 5.56 Å². The third-order valence-corrected chi connectivity index (χ3v) is 3.78. The summed E-state index contributed by atoms with van der Waals surface area (Å²) in [6, 6.07) is 8.36. The van der Waals surface area contributed by atoms with E-state index in [0.29, 0.717) is 23.5 Å². The SMILES string of the molecule is CCCCCCOc1ccc(C(=O)NNC(=O)c2ccoc2C)cc1. The molecule has 0 aliphatic carbocycles. The van der Waals surface area contributed by atoms with Gasteiger partial charge in [0.25, 0.3) is 11.8 Å². The van der Waals surface area contributed by atoms with Crippen LogP contribution in [0.5, 0.6) is 5.75 Å². The van der Waals surface area contributed by atoms with Crippen LogP contribution in [0.1, 0.15) is 59.1 Å². The molecule has 1 aromatic heterocycles. The van der Waals surface area contributed by atoms with Gasteiger partial charge in [-0.3, -0.25) is 20.4 Å². The molecule has 2 rings (SSSR count). The molecule has 0 radical (unpaired) electrons. The Morgan fingerprint density at radius 3 is 2.36 bits per heavy atom. The summed E-state index contributed by atoms with van der Waals surface area (Å²) >= 11 is 0. The highest BCUT2D eigenvalue weighted by Gasteiger charge is 2.13. The van der Waals surface area contributed by atoms with Crippen molar-refractivity contribution in [2.24, 2.45) is 0 Å². The molecule has 1 heterocycles. The third-order valence-electron chi connectivity index (χ3n) is 3.78. The number of hydrogen-bond acceptors (Lipinski definition) is 4. The van der Waals surface area contributed by atoms with E-state index in [4.69, 9.17) is 9.15 Å². The monoisotopic (exact) mass is 344 g/mol. The molecule has 2 aromatic rings. The Labute approximate surface area is 147 Å². The van der Waals surface area contributed by atoms with Crippen LogP contribution in [0.2, 0.25) is 0 Å². The van der Waals surface area contributed by atoms with E-state index in [9.17, 15) is 9.59 Å².